The summed E-state index contributed by atoms with van der Waals surface area (Å²) in [6.07, 6.45) is -0.0990. The van der Waals surface area contributed by atoms with Crippen molar-refractivity contribution < 1.29 is 29.0 Å². The van der Waals surface area contributed by atoms with Crippen LogP contribution >= 0.6 is 0 Å². The number of hydrogen-bond acceptors (Lipinski definition) is 5. The SMILES string of the molecule is CC(C)(C)OC(=O)NCCCC[C@](C)(NC(=O)OCC1c2ccccc2-c2ccccc21)C(=O)O. The fourth-order valence-electron chi connectivity index (χ4n) is 4.19. The third kappa shape index (κ3) is 6.74. The van der Waals surface area contributed by atoms with E-state index in [2.05, 4.69) is 10.6 Å². The lowest BCUT2D eigenvalue weighted by molar-refractivity contribution is -0.144. The molecule has 0 heterocycles. The van der Waals surface area contributed by atoms with E-state index >= 15 is 0 Å². The molecule has 8 heteroatoms. The second kappa shape index (κ2) is 10.8. The van der Waals surface area contributed by atoms with Crippen LogP contribution in [0.3, 0.4) is 0 Å². The number of carboxylic acid groups (broad SMARTS) is 1. The predicted octanol–water partition coefficient (Wildman–Crippen LogP) is 5.06. The van der Waals surface area contributed by atoms with Gasteiger partial charge in [0.2, 0.25) is 0 Å². The van der Waals surface area contributed by atoms with Crippen molar-refractivity contribution >= 4 is 18.2 Å². The van der Waals surface area contributed by atoms with E-state index in [0.717, 1.165) is 22.3 Å². The van der Waals surface area contributed by atoms with Crippen LogP contribution in [0, 0.1) is 0 Å². The van der Waals surface area contributed by atoms with Gasteiger partial charge in [0, 0.05) is 12.5 Å². The van der Waals surface area contributed by atoms with Gasteiger partial charge in [-0.2, -0.15) is 0 Å². The Balaban J connectivity index is 1.51. The largest absolute Gasteiger partial charge is 0.480 e. The van der Waals surface area contributed by atoms with Crippen LogP contribution in [0.4, 0.5) is 9.59 Å². The Morgan fingerprint density at radius 3 is 2.00 bits per heavy atom. The molecule has 1 aliphatic rings. The van der Waals surface area contributed by atoms with Crippen LogP contribution in [0.5, 0.6) is 0 Å². The number of hydrogen-bond donors (Lipinski definition) is 3. The lowest BCUT2D eigenvalue weighted by atomic mass is 9.95. The molecule has 35 heavy (non-hydrogen) atoms. The van der Waals surface area contributed by atoms with Crippen LogP contribution in [-0.4, -0.2) is 47.6 Å². The number of carbonyl (C=O) groups excluding carboxylic acids is 2. The number of rotatable bonds is 9. The molecule has 2 aromatic rings. The highest BCUT2D eigenvalue weighted by molar-refractivity contribution is 5.84. The van der Waals surface area contributed by atoms with Crippen molar-refractivity contribution in [1.82, 2.24) is 10.6 Å². The van der Waals surface area contributed by atoms with Gasteiger partial charge in [-0.15, -0.1) is 0 Å². The van der Waals surface area contributed by atoms with Gasteiger partial charge in [-0.05, 0) is 69.2 Å². The standard InChI is InChI=1S/C27H34N2O6/c1-26(2,3)35-24(32)28-16-10-9-15-27(4,23(30)31)29-25(33)34-17-22-20-13-7-5-11-18(20)19-12-6-8-14-21(19)22/h5-8,11-14,22H,9-10,15-17H2,1-4H3,(H,28,32)(H,29,33)(H,30,31)/t27-/m0/s1. The van der Waals surface area contributed by atoms with E-state index in [0.29, 0.717) is 19.4 Å². The van der Waals surface area contributed by atoms with E-state index in [4.69, 9.17) is 9.47 Å². The first-order chi connectivity index (χ1) is 16.5. The highest BCUT2D eigenvalue weighted by Gasteiger charge is 2.36. The molecule has 0 aliphatic heterocycles. The second-order valence-electron chi connectivity index (χ2n) is 9.97. The lowest BCUT2D eigenvalue weighted by Crippen LogP contribution is -2.52. The van der Waals surface area contributed by atoms with Crippen LogP contribution < -0.4 is 10.6 Å². The minimum atomic E-state index is -1.49. The van der Waals surface area contributed by atoms with E-state index in [-0.39, 0.29) is 18.9 Å². The minimum Gasteiger partial charge on any atom is -0.480 e. The van der Waals surface area contributed by atoms with Crippen LogP contribution in [0.1, 0.15) is 64.0 Å². The summed E-state index contributed by atoms with van der Waals surface area (Å²) in [4.78, 5) is 36.2. The highest BCUT2D eigenvalue weighted by atomic mass is 16.6. The summed E-state index contributed by atoms with van der Waals surface area (Å²) in [5, 5.41) is 14.9. The zero-order valence-electron chi connectivity index (χ0n) is 20.7. The maximum atomic E-state index is 12.6. The second-order valence-corrected chi connectivity index (χ2v) is 9.97. The fraction of sp³-hybridized carbons (Fsp3) is 0.444. The maximum Gasteiger partial charge on any atom is 0.408 e. The molecule has 188 valence electrons. The normalized spacial score (nSPS) is 14.3. The van der Waals surface area contributed by atoms with Crippen molar-refractivity contribution in [3.05, 3.63) is 59.7 Å². The van der Waals surface area contributed by atoms with Gasteiger partial charge in [0.1, 0.15) is 17.7 Å². The van der Waals surface area contributed by atoms with Gasteiger partial charge in [0.05, 0.1) is 0 Å². The number of aliphatic carboxylic acids is 1. The highest BCUT2D eigenvalue weighted by Crippen LogP contribution is 2.44. The third-order valence-corrected chi connectivity index (χ3v) is 5.97. The molecule has 1 aliphatic carbocycles. The number of ether oxygens (including phenoxy) is 2. The Labute approximate surface area is 206 Å². The van der Waals surface area contributed by atoms with Gasteiger partial charge in [0.25, 0.3) is 0 Å². The summed E-state index contributed by atoms with van der Waals surface area (Å²) in [5.41, 5.74) is 2.33. The van der Waals surface area contributed by atoms with Crippen molar-refractivity contribution in [3.8, 4) is 11.1 Å². The molecule has 2 amide bonds. The van der Waals surface area contributed by atoms with E-state index in [1.165, 1.54) is 6.92 Å². The zero-order valence-corrected chi connectivity index (χ0v) is 20.7. The first kappa shape index (κ1) is 26.1. The molecule has 2 aromatic carbocycles. The minimum absolute atomic E-state index is 0.107. The summed E-state index contributed by atoms with van der Waals surface area (Å²) in [7, 11) is 0. The number of amides is 2. The van der Waals surface area contributed by atoms with Gasteiger partial charge in [0.15, 0.2) is 0 Å². The molecule has 1 atom stereocenters. The van der Waals surface area contributed by atoms with Crippen molar-refractivity contribution in [2.45, 2.75) is 64.0 Å². The lowest BCUT2D eigenvalue weighted by Gasteiger charge is -2.26. The molecule has 0 radical (unpaired) electrons. The Bertz CT molecular complexity index is 1030. The van der Waals surface area contributed by atoms with Gasteiger partial charge in [-0.1, -0.05) is 48.5 Å². The van der Waals surface area contributed by atoms with Crippen LogP contribution in [0.2, 0.25) is 0 Å². The van der Waals surface area contributed by atoms with Gasteiger partial charge >= 0.3 is 18.2 Å². The molecule has 0 bridgehead atoms. The number of carboxylic acids is 1. The van der Waals surface area contributed by atoms with E-state index < -0.39 is 29.3 Å². The van der Waals surface area contributed by atoms with Crippen LogP contribution in [0.15, 0.2) is 48.5 Å². The number of benzene rings is 2. The monoisotopic (exact) mass is 482 g/mol. The predicted molar refractivity (Wildman–Crippen MR) is 132 cm³/mol. The van der Waals surface area contributed by atoms with Crippen molar-refractivity contribution in [1.29, 1.82) is 0 Å². The summed E-state index contributed by atoms with van der Waals surface area (Å²) in [6, 6.07) is 16.0. The maximum absolute atomic E-state index is 12.6. The molecule has 0 fully saturated rings. The zero-order chi connectivity index (χ0) is 25.6. The molecule has 8 nitrogen and oxygen atoms in total. The molecular weight excluding hydrogens is 448 g/mol. The fourth-order valence-corrected chi connectivity index (χ4v) is 4.19. The Morgan fingerprint density at radius 1 is 0.886 bits per heavy atom. The molecule has 0 saturated heterocycles. The molecule has 0 aromatic heterocycles. The summed E-state index contributed by atoms with van der Waals surface area (Å²) in [6.45, 7) is 7.24. The van der Waals surface area contributed by atoms with Crippen molar-refractivity contribution in [2.24, 2.45) is 0 Å². The third-order valence-electron chi connectivity index (χ3n) is 5.97. The number of fused-ring (bicyclic) bond motifs is 3. The van der Waals surface area contributed by atoms with Crippen LogP contribution in [0.25, 0.3) is 11.1 Å². The van der Waals surface area contributed by atoms with Crippen molar-refractivity contribution in [3.63, 3.8) is 0 Å². The van der Waals surface area contributed by atoms with E-state index in [1.807, 2.05) is 48.5 Å². The average Bonchev–Trinajstić information content (AvgIpc) is 3.10. The summed E-state index contributed by atoms with van der Waals surface area (Å²) in [5.74, 6) is -1.26. The molecule has 0 saturated carbocycles. The Morgan fingerprint density at radius 2 is 1.46 bits per heavy atom. The first-order valence-corrected chi connectivity index (χ1v) is 11.8. The molecule has 3 N–H and O–H groups in total. The number of nitrogens with one attached hydrogen (secondary N) is 2. The molecule has 0 spiro atoms. The van der Waals surface area contributed by atoms with Gasteiger partial charge in [-0.25, -0.2) is 14.4 Å². The van der Waals surface area contributed by atoms with E-state index in [9.17, 15) is 19.5 Å². The number of carbonyl (C=O) groups is 3. The Hall–Kier alpha value is -3.55. The summed E-state index contributed by atoms with van der Waals surface area (Å²) >= 11 is 0. The first-order valence-electron chi connectivity index (χ1n) is 11.8. The van der Waals surface area contributed by atoms with Crippen LogP contribution in [-0.2, 0) is 14.3 Å². The van der Waals surface area contributed by atoms with Crippen molar-refractivity contribution in [2.75, 3.05) is 13.2 Å². The Kier molecular flexibility index (Phi) is 8.04. The number of unbranched alkanes of at least 4 members (excludes halogenated alkanes) is 1. The number of alkyl carbamates (subject to hydrolysis) is 2. The van der Waals surface area contributed by atoms with Gasteiger partial charge < -0.3 is 25.2 Å². The quantitative estimate of drug-likeness (QED) is 0.430. The van der Waals surface area contributed by atoms with E-state index in [1.54, 1.807) is 20.8 Å². The molecule has 0 unspecified atom stereocenters. The van der Waals surface area contributed by atoms with Gasteiger partial charge in [-0.3, -0.25) is 0 Å². The smallest absolute Gasteiger partial charge is 0.408 e. The molecule has 3 rings (SSSR count). The topological polar surface area (TPSA) is 114 Å². The summed E-state index contributed by atoms with van der Waals surface area (Å²) < 4.78 is 10.7. The average molecular weight is 483 g/mol. The molecular formula is C27H34N2O6.